The fourth-order valence-corrected chi connectivity index (χ4v) is 3.56. The summed E-state index contributed by atoms with van der Waals surface area (Å²) in [5.41, 5.74) is 2.56. The van der Waals surface area contributed by atoms with E-state index < -0.39 is 0 Å². The van der Waals surface area contributed by atoms with E-state index >= 15 is 0 Å². The Morgan fingerprint density at radius 1 is 1.24 bits per heavy atom. The first-order valence-electron chi connectivity index (χ1n) is 8.63. The molecule has 130 valence electrons. The molecular formula is C20H23N3OS. The number of aromatic nitrogens is 2. The molecule has 0 spiro atoms. The Morgan fingerprint density at radius 3 is 2.72 bits per heavy atom. The first-order valence-corrected chi connectivity index (χ1v) is 9.51. The number of amides is 1. The molecule has 3 aromatic rings. The summed E-state index contributed by atoms with van der Waals surface area (Å²) in [5, 5.41) is 9.78. The molecule has 0 radical (unpaired) electrons. The number of nitrogens with zero attached hydrogens (tertiary/aromatic N) is 2. The summed E-state index contributed by atoms with van der Waals surface area (Å²) in [5.74, 6) is -0.0522. The molecule has 4 nitrogen and oxygen atoms in total. The summed E-state index contributed by atoms with van der Waals surface area (Å²) in [7, 11) is 0. The number of carbonyl (C=O) groups is 1. The lowest BCUT2D eigenvalue weighted by molar-refractivity contribution is 0.0939. The minimum absolute atomic E-state index is 0.0522. The average molecular weight is 353 g/mol. The molecule has 1 N–H and O–H groups in total. The van der Waals surface area contributed by atoms with Crippen LogP contribution < -0.4 is 5.32 Å². The fraction of sp³-hybridized carbons (Fsp3) is 0.300. The van der Waals surface area contributed by atoms with Gasteiger partial charge in [-0.05, 0) is 30.4 Å². The van der Waals surface area contributed by atoms with Crippen molar-refractivity contribution in [3.05, 3.63) is 65.2 Å². The molecule has 1 unspecified atom stereocenters. The van der Waals surface area contributed by atoms with Crippen LogP contribution in [0.4, 0.5) is 0 Å². The molecule has 0 saturated heterocycles. The number of carbonyl (C=O) groups excluding carboxylic acids is 1. The molecule has 5 heteroatoms. The zero-order chi connectivity index (χ0) is 17.6. The number of hydrogen-bond acceptors (Lipinski definition) is 3. The SMILES string of the molecule is CCCC(C)NC(=O)c1cn(Cc2ccccc2)nc1-c1cccs1. The topological polar surface area (TPSA) is 46.9 Å². The second-order valence-electron chi connectivity index (χ2n) is 6.22. The highest BCUT2D eigenvalue weighted by Crippen LogP contribution is 2.27. The smallest absolute Gasteiger partial charge is 0.255 e. The van der Waals surface area contributed by atoms with Crippen LogP contribution in [0.3, 0.4) is 0 Å². The number of hydrogen-bond donors (Lipinski definition) is 1. The van der Waals surface area contributed by atoms with Gasteiger partial charge in [0.25, 0.3) is 5.91 Å². The van der Waals surface area contributed by atoms with Gasteiger partial charge in [-0.15, -0.1) is 11.3 Å². The molecule has 0 aliphatic heterocycles. The first kappa shape index (κ1) is 17.4. The van der Waals surface area contributed by atoms with E-state index in [1.807, 2.05) is 53.5 Å². The van der Waals surface area contributed by atoms with E-state index in [9.17, 15) is 4.79 Å². The summed E-state index contributed by atoms with van der Waals surface area (Å²) in [6, 6.07) is 14.3. The fourth-order valence-electron chi connectivity index (χ4n) is 2.84. The summed E-state index contributed by atoms with van der Waals surface area (Å²) in [6.07, 6.45) is 3.88. The van der Waals surface area contributed by atoms with Crippen molar-refractivity contribution in [1.29, 1.82) is 0 Å². The van der Waals surface area contributed by atoms with Crippen LogP contribution in [-0.2, 0) is 6.54 Å². The van der Waals surface area contributed by atoms with Gasteiger partial charge in [0.2, 0.25) is 0 Å². The molecule has 0 saturated carbocycles. The van der Waals surface area contributed by atoms with Crippen LogP contribution in [-0.4, -0.2) is 21.7 Å². The van der Waals surface area contributed by atoms with Gasteiger partial charge in [0, 0.05) is 12.2 Å². The summed E-state index contributed by atoms with van der Waals surface area (Å²) < 4.78 is 1.85. The molecule has 0 fully saturated rings. The first-order chi connectivity index (χ1) is 12.2. The van der Waals surface area contributed by atoms with Crippen molar-refractivity contribution >= 4 is 17.2 Å². The number of rotatable bonds is 7. The van der Waals surface area contributed by atoms with Crippen molar-refractivity contribution in [2.24, 2.45) is 0 Å². The highest BCUT2D eigenvalue weighted by Gasteiger charge is 2.20. The lowest BCUT2D eigenvalue weighted by Crippen LogP contribution is -2.32. The van der Waals surface area contributed by atoms with Gasteiger partial charge in [0.15, 0.2) is 0 Å². The van der Waals surface area contributed by atoms with Gasteiger partial charge in [0.05, 0.1) is 17.0 Å². The van der Waals surface area contributed by atoms with Crippen molar-refractivity contribution in [3.8, 4) is 10.6 Å². The van der Waals surface area contributed by atoms with Crippen LogP contribution in [0.25, 0.3) is 10.6 Å². The predicted octanol–water partition coefficient (Wildman–Crippen LogP) is 4.58. The summed E-state index contributed by atoms with van der Waals surface area (Å²) >= 11 is 1.60. The minimum atomic E-state index is -0.0522. The van der Waals surface area contributed by atoms with Crippen molar-refractivity contribution in [2.75, 3.05) is 0 Å². The highest BCUT2D eigenvalue weighted by molar-refractivity contribution is 7.13. The Morgan fingerprint density at radius 2 is 2.04 bits per heavy atom. The second kappa shape index (κ2) is 8.12. The van der Waals surface area contributed by atoms with Crippen LogP contribution in [0.2, 0.25) is 0 Å². The van der Waals surface area contributed by atoms with Crippen molar-refractivity contribution < 1.29 is 4.79 Å². The lowest BCUT2D eigenvalue weighted by atomic mass is 10.1. The molecular weight excluding hydrogens is 330 g/mol. The van der Waals surface area contributed by atoms with E-state index in [2.05, 4.69) is 29.5 Å². The normalized spacial score (nSPS) is 12.1. The molecule has 2 aromatic heterocycles. The zero-order valence-corrected chi connectivity index (χ0v) is 15.4. The van der Waals surface area contributed by atoms with Gasteiger partial charge in [-0.25, -0.2) is 0 Å². The van der Waals surface area contributed by atoms with Gasteiger partial charge in [0.1, 0.15) is 5.69 Å². The lowest BCUT2D eigenvalue weighted by Gasteiger charge is -2.12. The van der Waals surface area contributed by atoms with Crippen molar-refractivity contribution in [1.82, 2.24) is 15.1 Å². The van der Waals surface area contributed by atoms with Crippen LogP contribution >= 0.6 is 11.3 Å². The van der Waals surface area contributed by atoms with E-state index in [1.165, 1.54) is 0 Å². The number of thiophene rings is 1. The second-order valence-corrected chi connectivity index (χ2v) is 7.16. The summed E-state index contributed by atoms with van der Waals surface area (Å²) in [6.45, 7) is 4.81. The minimum Gasteiger partial charge on any atom is -0.349 e. The molecule has 1 amide bonds. The Bertz CT molecular complexity index is 809. The highest BCUT2D eigenvalue weighted by atomic mass is 32.1. The predicted molar refractivity (Wildman–Crippen MR) is 103 cm³/mol. The van der Waals surface area contributed by atoms with E-state index in [0.717, 1.165) is 29.0 Å². The Hall–Kier alpha value is -2.40. The molecule has 2 heterocycles. The van der Waals surface area contributed by atoms with Crippen molar-refractivity contribution in [3.63, 3.8) is 0 Å². The van der Waals surface area contributed by atoms with Crippen LogP contribution in [0.15, 0.2) is 54.0 Å². The van der Waals surface area contributed by atoms with Gasteiger partial charge in [-0.3, -0.25) is 9.48 Å². The van der Waals surface area contributed by atoms with Gasteiger partial charge in [-0.1, -0.05) is 49.7 Å². The van der Waals surface area contributed by atoms with Gasteiger partial charge < -0.3 is 5.32 Å². The maximum atomic E-state index is 12.8. The Kier molecular flexibility index (Phi) is 5.66. The number of benzene rings is 1. The van der Waals surface area contributed by atoms with E-state index in [4.69, 9.17) is 0 Å². The van der Waals surface area contributed by atoms with E-state index in [-0.39, 0.29) is 11.9 Å². The van der Waals surface area contributed by atoms with Crippen LogP contribution in [0, 0.1) is 0 Å². The molecule has 0 aliphatic carbocycles. The molecule has 1 aromatic carbocycles. The van der Waals surface area contributed by atoms with Crippen molar-refractivity contribution in [2.45, 2.75) is 39.3 Å². The molecule has 0 bridgehead atoms. The molecule has 1 atom stereocenters. The summed E-state index contributed by atoms with van der Waals surface area (Å²) in [4.78, 5) is 13.8. The van der Waals surface area contributed by atoms with Gasteiger partial charge in [-0.2, -0.15) is 5.10 Å². The third-order valence-corrected chi connectivity index (χ3v) is 4.92. The van der Waals surface area contributed by atoms with E-state index in [1.54, 1.807) is 11.3 Å². The van der Waals surface area contributed by atoms with Crippen LogP contribution in [0.1, 0.15) is 42.6 Å². The maximum absolute atomic E-state index is 12.8. The van der Waals surface area contributed by atoms with E-state index in [0.29, 0.717) is 12.1 Å². The zero-order valence-electron chi connectivity index (χ0n) is 14.6. The Labute approximate surface area is 152 Å². The quantitative estimate of drug-likeness (QED) is 0.676. The van der Waals surface area contributed by atoms with Gasteiger partial charge >= 0.3 is 0 Å². The largest absolute Gasteiger partial charge is 0.349 e. The average Bonchev–Trinajstić information content (AvgIpc) is 3.25. The van der Waals surface area contributed by atoms with Crippen LogP contribution in [0.5, 0.6) is 0 Å². The standard InChI is InChI=1S/C20H23N3OS/c1-3-8-15(2)21-20(24)17-14-23(13-16-9-5-4-6-10-16)22-19(17)18-11-7-12-25-18/h4-7,9-12,14-15H,3,8,13H2,1-2H3,(H,21,24). The number of nitrogens with one attached hydrogen (secondary N) is 1. The third-order valence-electron chi connectivity index (χ3n) is 4.05. The molecule has 0 aliphatic rings. The molecule has 25 heavy (non-hydrogen) atoms. The monoisotopic (exact) mass is 353 g/mol. The maximum Gasteiger partial charge on any atom is 0.255 e. The third kappa shape index (κ3) is 4.37. The molecule has 3 rings (SSSR count). The Balaban J connectivity index is 1.88.